The summed E-state index contributed by atoms with van der Waals surface area (Å²) in [6.07, 6.45) is 10.7. The fourth-order valence-electron chi connectivity index (χ4n) is 6.70. The fraction of sp³-hybridized carbons (Fsp3) is 0.632. The number of nitrogens with zero attached hydrogens (tertiary/aromatic N) is 2. The molecule has 0 aliphatic carbocycles. The topological polar surface area (TPSA) is 80.3 Å². The van der Waals surface area contributed by atoms with Gasteiger partial charge in [0.05, 0.1) is 64.3 Å². The lowest BCUT2D eigenvalue weighted by molar-refractivity contribution is -0.928. The highest BCUT2D eigenvalue weighted by atomic mass is 32.2. The fourth-order valence-corrected chi connectivity index (χ4v) is 7.76. The number of hydrogen-bond acceptors (Lipinski definition) is 5. The Balaban J connectivity index is 0.000000668. The molecule has 45 heavy (non-hydrogen) atoms. The third-order valence-corrected chi connectivity index (χ3v) is 9.17. The van der Waals surface area contributed by atoms with Crippen LogP contribution in [0, 0.1) is 0 Å². The van der Waals surface area contributed by atoms with Gasteiger partial charge in [-0.3, -0.25) is 0 Å². The maximum atomic E-state index is 11.0. The molecule has 6 nitrogen and oxygen atoms in total. The molecule has 0 atom stereocenters. The number of aromatic carboxylic acids is 2. The molecular formula is C38H64N2O4S. The van der Waals surface area contributed by atoms with Crippen molar-refractivity contribution in [3.63, 3.8) is 0 Å². The van der Waals surface area contributed by atoms with Crippen LogP contribution >= 0.6 is 11.8 Å². The van der Waals surface area contributed by atoms with Crippen LogP contribution in [0.3, 0.4) is 0 Å². The molecule has 0 saturated carbocycles. The lowest BCUT2D eigenvalue weighted by Crippen LogP contribution is -2.50. The molecule has 0 N–H and O–H groups in total. The summed E-state index contributed by atoms with van der Waals surface area (Å²) in [4.78, 5) is 22.8. The highest BCUT2D eigenvalue weighted by molar-refractivity contribution is 7.99. The smallest absolute Gasteiger partial charge is 0.0783 e. The van der Waals surface area contributed by atoms with Gasteiger partial charge in [0.2, 0.25) is 0 Å². The molecule has 0 radical (unpaired) electrons. The van der Waals surface area contributed by atoms with E-state index >= 15 is 0 Å². The van der Waals surface area contributed by atoms with E-state index in [1.54, 1.807) is 36.4 Å². The first kappa shape index (κ1) is 42.6. The number of carboxylic acid groups (broad SMARTS) is 2. The molecule has 0 saturated heterocycles. The van der Waals surface area contributed by atoms with E-state index in [9.17, 15) is 19.8 Å². The Bertz CT molecular complexity index is 933. The second-order valence-corrected chi connectivity index (χ2v) is 13.2. The Morgan fingerprint density at radius 1 is 0.467 bits per heavy atom. The van der Waals surface area contributed by atoms with Crippen molar-refractivity contribution in [1.29, 1.82) is 0 Å². The molecule has 0 aliphatic rings. The van der Waals surface area contributed by atoms with Crippen molar-refractivity contribution in [3.05, 3.63) is 59.7 Å². The largest absolute Gasteiger partial charge is 0.545 e. The van der Waals surface area contributed by atoms with Crippen molar-refractivity contribution in [2.24, 2.45) is 0 Å². The predicted molar refractivity (Wildman–Crippen MR) is 187 cm³/mol. The van der Waals surface area contributed by atoms with Gasteiger partial charge >= 0.3 is 0 Å². The van der Waals surface area contributed by atoms with Crippen LogP contribution in [-0.4, -0.2) is 73.3 Å². The van der Waals surface area contributed by atoms with E-state index in [0.717, 1.165) is 11.8 Å². The van der Waals surface area contributed by atoms with Gasteiger partial charge in [0.15, 0.2) is 0 Å². The first-order valence-corrected chi connectivity index (χ1v) is 18.4. The third kappa shape index (κ3) is 16.2. The van der Waals surface area contributed by atoms with E-state index in [1.807, 2.05) is 0 Å². The summed E-state index contributed by atoms with van der Waals surface area (Å²) in [6, 6.07) is 12.6. The molecule has 2 rings (SSSR count). The van der Waals surface area contributed by atoms with Gasteiger partial charge in [-0.25, -0.2) is 0 Å². The zero-order valence-corrected chi connectivity index (χ0v) is 30.7. The molecule has 7 heteroatoms. The van der Waals surface area contributed by atoms with Crippen LogP contribution in [0.4, 0.5) is 0 Å². The minimum Gasteiger partial charge on any atom is -0.545 e. The summed E-state index contributed by atoms with van der Waals surface area (Å²) in [5.41, 5.74) is 0.0568. The van der Waals surface area contributed by atoms with E-state index in [4.69, 9.17) is 0 Å². The summed E-state index contributed by atoms with van der Waals surface area (Å²) in [5, 5.41) is 22.0. The quantitative estimate of drug-likeness (QED) is 0.140. The van der Waals surface area contributed by atoms with Gasteiger partial charge in [0, 0.05) is 20.9 Å². The molecule has 2 aromatic rings. The van der Waals surface area contributed by atoms with Gasteiger partial charge in [-0.15, -0.1) is 0 Å². The highest BCUT2D eigenvalue weighted by Crippen LogP contribution is 2.32. The number of carboxylic acids is 2. The average Bonchev–Trinajstić information content (AvgIpc) is 2.99. The second kappa shape index (κ2) is 24.8. The lowest BCUT2D eigenvalue weighted by atomic mass is 10.2. The first-order chi connectivity index (χ1) is 21.6. The van der Waals surface area contributed by atoms with E-state index in [0.29, 0.717) is 9.79 Å². The van der Waals surface area contributed by atoms with Crippen molar-refractivity contribution in [2.45, 2.75) is 117 Å². The number of carbonyl (C=O) groups is 2. The summed E-state index contributed by atoms with van der Waals surface area (Å²) in [6.45, 7) is 29.6. The van der Waals surface area contributed by atoms with Crippen molar-refractivity contribution >= 4 is 23.7 Å². The van der Waals surface area contributed by atoms with Crippen LogP contribution < -0.4 is 10.2 Å². The summed E-state index contributed by atoms with van der Waals surface area (Å²) < 4.78 is 2.75. The Labute approximate surface area is 280 Å². The number of rotatable bonds is 20. The standard InChI is InChI=1S/C14H10O4S.2C12H28N/c15-13(16)9-5-1-3-7-11(9)19-12-8-4-2-6-10(12)14(17)18;2*1-5-9-13(10-6-2,11-7-3)12-8-4/h1-8H,(H,15,16)(H,17,18);2*5-12H2,1-4H3/q;2*+1/p-2. The molecule has 0 aliphatic heterocycles. The number of benzene rings is 2. The summed E-state index contributed by atoms with van der Waals surface area (Å²) in [7, 11) is 0. The van der Waals surface area contributed by atoms with Gasteiger partial charge in [0.1, 0.15) is 0 Å². The Morgan fingerprint density at radius 3 is 0.889 bits per heavy atom. The zero-order valence-electron chi connectivity index (χ0n) is 29.9. The number of hydrogen-bond donors (Lipinski definition) is 0. The van der Waals surface area contributed by atoms with Crippen molar-refractivity contribution in [1.82, 2.24) is 0 Å². The molecular weight excluding hydrogens is 580 g/mol. The molecule has 0 bridgehead atoms. The molecule has 0 aromatic heterocycles. The molecule has 0 unspecified atom stereocenters. The maximum absolute atomic E-state index is 11.0. The second-order valence-electron chi connectivity index (χ2n) is 12.1. The molecule has 256 valence electrons. The Hall–Kier alpha value is -2.35. The van der Waals surface area contributed by atoms with Crippen LogP contribution in [0.5, 0.6) is 0 Å². The lowest BCUT2D eigenvalue weighted by Gasteiger charge is -2.38. The van der Waals surface area contributed by atoms with Crippen LogP contribution in [-0.2, 0) is 0 Å². The SMILES string of the molecule is CCC[N+](CCC)(CCC)CCC.CCC[N+](CCC)(CCC)CCC.O=C([O-])c1ccccc1Sc1ccccc1C(=O)[O-]. The first-order valence-electron chi connectivity index (χ1n) is 17.6. The minimum atomic E-state index is -1.30. The van der Waals surface area contributed by atoms with Crippen LogP contribution in [0.25, 0.3) is 0 Å². The van der Waals surface area contributed by atoms with E-state index in [2.05, 4.69) is 55.4 Å². The monoisotopic (exact) mass is 644 g/mol. The number of quaternary nitrogens is 2. The van der Waals surface area contributed by atoms with Crippen molar-refractivity contribution in [2.75, 3.05) is 52.4 Å². The molecule has 0 spiro atoms. The van der Waals surface area contributed by atoms with E-state index in [1.165, 1.54) is 125 Å². The summed E-state index contributed by atoms with van der Waals surface area (Å²) in [5.74, 6) is -2.59. The van der Waals surface area contributed by atoms with Gasteiger partial charge in [0.25, 0.3) is 0 Å². The van der Waals surface area contributed by atoms with Gasteiger partial charge in [-0.05, 0) is 63.5 Å². The van der Waals surface area contributed by atoms with E-state index < -0.39 is 11.9 Å². The Kier molecular flexibility index (Phi) is 23.5. The minimum absolute atomic E-state index is 0.0284. The molecule has 0 heterocycles. The van der Waals surface area contributed by atoms with Crippen LogP contribution in [0.15, 0.2) is 58.3 Å². The molecule has 2 aromatic carbocycles. The maximum Gasteiger partial charge on any atom is 0.0783 e. The van der Waals surface area contributed by atoms with Crippen LogP contribution in [0.1, 0.15) is 127 Å². The average molecular weight is 645 g/mol. The van der Waals surface area contributed by atoms with Crippen molar-refractivity contribution < 1.29 is 28.8 Å². The van der Waals surface area contributed by atoms with E-state index in [-0.39, 0.29) is 11.1 Å². The predicted octanol–water partition coefficient (Wildman–Crippen LogP) is 7.45. The summed E-state index contributed by atoms with van der Waals surface area (Å²) >= 11 is 1.06. The molecule has 0 amide bonds. The highest BCUT2D eigenvalue weighted by Gasteiger charge is 2.23. The van der Waals surface area contributed by atoms with Crippen LogP contribution in [0.2, 0.25) is 0 Å². The Morgan fingerprint density at radius 2 is 0.689 bits per heavy atom. The van der Waals surface area contributed by atoms with Gasteiger partial charge < -0.3 is 28.8 Å². The van der Waals surface area contributed by atoms with Gasteiger partial charge in [-0.1, -0.05) is 104 Å². The normalized spacial score (nSPS) is 11.2. The third-order valence-electron chi connectivity index (χ3n) is 8.02. The molecule has 0 fully saturated rings. The zero-order chi connectivity index (χ0) is 34.1. The van der Waals surface area contributed by atoms with Crippen molar-refractivity contribution in [3.8, 4) is 0 Å². The number of carbonyl (C=O) groups excluding carboxylic acids is 2. The van der Waals surface area contributed by atoms with Gasteiger partial charge in [-0.2, -0.15) is 0 Å².